The Morgan fingerprint density at radius 2 is 1.74 bits per heavy atom. The van der Waals surface area contributed by atoms with Crippen LogP contribution < -0.4 is 9.46 Å². The van der Waals surface area contributed by atoms with Crippen LogP contribution in [0, 0.1) is 0 Å². The molecule has 2 heterocycles. The van der Waals surface area contributed by atoms with Crippen LogP contribution in [0.4, 0.5) is 13.2 Å². The van der Waals surface area contributed by atoms with E-state index in [0.717, 1.165) is 17.6 Å². The summed E-state index contributed by atoms with van der Waals surface area (Å²) >= 11 is 0. The number of halogens is 3. The first-order valence-corrected chi connectivity index (χ1v) is 10.5. The van der Waals surface area contributed by atoms with Gasteiger partial charge >= 0.3 is 6.18 Å². The van der Waals surface area contributed by atoms with Gasteiger partial charge in [-0.2, -0.15) is 18.3 Å². The summed E-state index contributed by atoms with van der Waals surface area (Å²) in [6.45, 7) is 0. The van der Waals surface area contributed by atoms with Gasteiger partial charge in [0.2, 0.25) is 10.0 Å². The molecule has 0 aliphatic rings. The van der Waals surface area contributed by atoms with Crippen LogP contribution in [-0.4, -0.2) is 25.1 Å². The van der Waals surface area contributed by atoms with Crippen LogP contribution in [-0.2, 0) is 16.2 Å². The highest BCUT2D eigenvalue weighted by molar-refractivity contribution is 7.89. The molecule has 0 radical (unpaired) electrons. The molecule has 31 heavy (non-hydrogen) atoms. The highest BCUT2D eigenvalue weighted by atomic mass is 32.2. The second-order valence-corrected chi connectivity index (χ2v) is 8.48. The number of aromatic nitrogens is 2. The summed E-state index contributed by atoms with van der Waals surface area (Å²) in [6, 6.07) is 15.7. The second-order valence-electron chi connectivity index (χ2n) is 6.59. The van der Waals surface area contributed by atoms with E-state index in [2.05, 4.69) is 9.82 Å². The highest BCUT2D eigenvalue weighted by Crippen LogP contribution is 2.36. The summed E-state index contributed by atoms with van der Waals surface area (Å²) in [4.78, 5) is 0.00169. The van der Waals surface area contributed by atoms with Gasteiger partial charge in [0.15, 0.2) is 0 Å². The number of sulfonamides is 1. The first kappa shape index (κ1) is 20.9. The van der Waals surface area contributed by atoms with Crippen LogP contribution in [0.3, 0.4) is 0 Å². The van der Waals surface area contributed by atoms with Gasteiger partial charge in [0.05, 0.1) is 21.7 Å². The van der Waals surface area contributed by atoms with Crippen molar-refractivity contribution in [3.05, 3.63) is 78.5 Å². The maximum absolute atomic E-state index is 12.8. The molecule has 0 unspecified atom stereocenters. The Morgan fingerprint density at radius 1 is 1.00 bits per heavy atom. The van der Waals surface area contributed by atoms with E-state index in [-0.39, 0.29) is 16.4 Å². The maximum atomic E-state index is 12.8. The summed E-state index contributed by atoms with van der Waals surface area (Å²) in [5.41, 5.74) is 0.803. The molecule has 160 valence electrons. The van der Waals surface area contributed by atoms with E-state index in [1.165, 1.54) is 37.4 Å². The molecular weight excluding hydrogens is 431 g/mol. The van der Waals surface area contributed by atoms with Crippen molar-refractivity contribution >= 4 is 15.5 Å². The van der Waals surface area contributed by atoms with Crippen LogP contribution in [0.5, 0.6) is 11.5 Å². The van der Waals surface area contributed by atoms with E-state index in [9.17, 15) is 21.6 Å². The molecular formula is C21H16F3N3O3S. The molecule has 10 heteroatoms. The predicted octanol–water partition coefficient (Wildman–Crippen LogP) is 4.72. The minimum atomic E-state index is -4.45. The number of pyridine rings is 1. The number of nitrogens with one attached hydrogen (secondary N) is 1. The van der Waals surface area contributed by atoms with Crippen molar-refractivity contribution in [2.24, 2.45) is 0 Å². The van der Waals surface area contributed by atoms with Crippen molar-refractivity contribution in [2.75, 3.05) is 7.05 Å². The molecule has 0 fully saturated rings. The van der Waals surface area contributed by atoms with Gasteiger partial charge < -0.3 is 4.74 Å². The number of benzene rings is 2. The summed E-state index contributed by atoms with van der Waals surface area (Å²) in [6.07, 6.45) is -2.72. The van der Waals surface area contributed by atoms with Crippen LogP contribution in [0.25, 0.3) is 16.8 Å². The first-order chi connectivity index (χ1) is 14.7. The third-order valence-corrected chi connectivity index (χ3v) is 6.00. The average Bonchev–Trinajstić information content (AvgIpc) is 3.18. The molecule has 0 saturated heterocycles. The van der Waals surface area contributed by atoms with Gasteiger partial charge in [-0.3, -0.25) is 0 Å². The monoisotopic (exact) mass is 447 g/mol. The van der Waals surface area contributed by atoms with E-state index in [1.54, 1.807) is 22.8 Å². The predicted molar refractivity (Wildman–Crippen MR) is 108 cm³/mol. The molecule has 6 nitrogen and oxygen atoms in total. The van der Waals surface area contributed by atoms with Gasteiger partial charge in [-0.1, -0.05) is 6.07 Å². The molecule has 0 saturated carbocycles. The molecule has 0 bridgehead atoms. The molecule has 0 aliphatic carbocycles. The SMILES string of the molecule is CNS(=O)(=O)c1ccc(Oc2ccc(C(F)(F)F)cc2)c(-c2cc3ccccn3n2)c1. The van der Waals surface area contributed by atoms with Crippen LogP contribution >= 0.6 is 0 Å². The summed E-state index contributed by atoms with van der Waals surface area (Å²) < 4.78 is 72.6. The zero-order chi connectivity index (χ0) is 22.2. The lowest BCUT2D eigenvalue weighted by Crippen LogP contribution is -2.18. The lowest BCUT2D eigenvalue weighted by molar-refractivity contribution is -0.137. The number of hydrogen-bond acceptors (Lipinski definition) is 4. The molecule has 0 atom stereocenters. The van der Waals surface area contributed by atoms with Gasteiger partial charge in [0.1, 0.15) is 11.5 Å². The second kappa shape index (κ2) is 7.71. The molecule has 2 aromatic carbocycles. The van der Waals surface area contributed by atoms with E-state index >= 15 is 0 Å². The van der Waals surface area contributed by atoms with Crippen molar-refractivity contribution < 1.29 is 26.3 Å². The van der Waals surface area contributed by atoms with Gasteiger partial charge in [-0.15, -0.1) is 0 Å². The van der Waals surface area contributed by atoms with Crippen molar-refractivity contribution in [2.45, 2.75) is 11.1 Å². The Kier molecular flexibility index (Phi) is 5.19. The quantitative estimate of drug-likeness (QED) is 0.481. The number of hydrogen-bond donors (Lipinski definition) is 1. The molecule has 4 aromatic rings. The maximum Gasteiger partial charge on any atom is 0.416 e. The fourth-order valence-corrected chi connectivity index (χ4v) is 3.75. The topological polar surface area (TPSA) is 72.7 Å². The zero-order valence-corrected chi connectivity index (χ0v) is 16.9. The van der Waals surface area contributed by atoms with Gasteiger partial charge in [0, 0.05) is 11.8 Å². The Labute approximate surface area is 176 Å². The lowest BCUT2D eigenvalue weighted by atomic mass is 10.1. The highest BCUT2D eigenvalue weighted by Gasteiger charge is 2.30. The molecule has 0 spiro atoms. The third kappa shape index (κ3) is 4.25. The largest absolute Gasteiger partial charge is 0.457 e. The lowest BCUT2D eigenvalue weighted by Gasteiger charge is -2.13. The smallest absolute Gasteiger partial charge is 0.416 e. The van der Waals surface area contributed by atoms with Crippen LogP contribution in [0.2, 0.25) is 0 Å². The van der Waals surface area contributed by atoms with Crippen molar-refractivity contribution in [3.63, 3.8) is 0 Å². The van der Waals surface area contributed by atoms with E-state index in [4.69, 9.17) is 4.74 Å². The standard InChI is InChI=1S/C21H16F3N3O3S/c1-25-31(28,29)17-9-10-20(30-16-7-5-14(6-8-16)21(22,23)24)18(13-17)19-12-15-4-2-3-11-27(15)26-19/h2-13,25H,1H3. The fraction of sp³-hybridized carbons (Fsp3) is 0.0952. The fourth-order valence-electron chi connectivity index (χ4n) is 2.99. The van der Waals surface area contributed by atoms with Gasteiger partial charge in [-0.25, -0.2) is 17.7 Å². The molecule has 2 aromatic heterocycles. The third-order valence-electron chi connectivity index (χ3n) is 4.59. The number of alkyl halides is 3. The van der Waals surface area contributed by atoms with Crippen LogP contribution in [0.1, 0.15) is 5.56 Å². The van der Waals surface area contributed by atoms with Crippen molar-refractivity contribution in [1.29, 1.82) is 0 Å². The summed E-state index contributed by atoms with van der Waals surface area (Å²) in [5.74, 6) is 0.417. The Balaban J connectivity index is 1.80. The normalized spacial score (nSPS) is 12.3. The number of fused-ring (bicyclic) bond motifs is 1. The van der Waals surface area contributed by atoms with E-state index < -0.39 is 21.8 Å². The molecule has 4 rings (SSSR count). The Hall–Kier alpha value is -3.37. The molecule has 1 N–H and O–H groups in total. The number of ether oxygens (including phenoxy) is 1. The van der Waals surface area contributed by atoms with E-state index in [1.807, 2.05) is 12.1 Å². The average molecular weight is 447 g/mol. The van der Waals surface area contributed by atoms with Crippen molar-refractivity contribution in [1.82, 2.24) is 14.3 Å². The number of rotatable bonds is 5. The molecule has 0 amide bonds. The first-order valence-electron chi connectivity index (χ1n) is 9.05. The minimum Gasteiger partial charge on any atom is -0.457 e. The van der Waals surface area contributed by atoms with Crippen LogP contribution in [0.15, 0.2) is 77.8 Å². The summed E-state index contributed by atoms with van der Waals surface area (Å²) in [7, 11) is -2.44. The Morgan fingerprint density at radius 3 is 2.39 bits per heavy atom. The Bertz CT molecular complexity index is 1310. The zero-order valence-electron chi connectivity index (χ0n) is 16.1. The van der Waals surface area contributed by atoms with E-state index in [0.29, 0.717) is 11.3 Å². The van der Waals surface area contributed by atoms with Crippen molar-refractivity contribution in [3.8, 4) is 22.8 Å². The summed E-state index contributed by atoms with van der Waals surface area (Å²) in [5, 5.41) is 4.45. The number of nitrogens with zero attached hydrogens (tertiary/aromatic N) is 2. The van der Waals surface area contributed by atoms with Gasteiger partial charge in [-0.05, 0) is 67.7 Å². The van der Waals surface area contributed by atoms with Gasteiger partial charge in [0.25, 0.3) is 0 Å². The minimum absolute atomic E-state index is 0.00169. The molecule has 0 aliphatic heterocycles.